The van der Waals surface area contributed by atoms with Crippen LogP contribution in [-0.2, 0) is 4.57 Å². The van der Waals surface area contributed by atoms with Crippen molar-refractivity contribution in [2.75, 3.05) is 13.3 Å². The minimum absolute atomic E-state index is 0.316. The molecule has 0 aromatic carbocycles. The summed E-state index contributed by atoms with van der Waals surface area (Å²) in [5, 5.41) is 9.23. The van der Waals surface area contributed by atoms with E-state index >= 15 is 0 Å². The lowest BCUT2D eigenvalue weighted by atomic mass is 10.4. The monoisotopic (exact) mass is 180 g/mol. The third kappa shape index (κ3) is 1.93. The molecule has 3 nitrogen and oxygen atoms in total. The summed E-state index contributed by atoms with van der Waals surface area (Å²) in [6.45, 7) is 3.34. The molecule has 1 heterocycles. The lowest BCUT2D eigenvalue weighted by Gasteiger charge is -2.05. The highest BCUT2D eigenvalue weighted by atomic mass is 31.2. The van der Waals surface area contributed by atoms with Crippen molar-refractivity contribution < 1.29 is 4.57 Å². The van der Waals surface area contributed by atoms with Gasteiger partial charge in [0.05, 0.1) is 0 Å². The highest BCUT2D eigenvalue weighted by Gasteiger charge is 2.10. The molecule has 0 saturated heterocycles. The minimum Gasteiger partial charge on any atom is -0.319 e. The quantitative estimate of drug-likeness (QED) is 0.610. The van der Waals surface area contributed by atoms with Gasteiger partial charge in [0.25, 0.3) is 0 Å². The third-order valence-electron chi connectivity index (χ3n) is 1.48. The smallest absolute Gasteiger partial charge is 0.141 e. The third-order valence-corrected chi connectivity index (χ3v) is 3.00. The first kappa shape index (κ1) is 8.96. The van der Waals surface area contributed by atoms with Crippen molar-refractivity contribution in [2.45, 2.75) is 0 Å². The number of aromatic nitrogens is 1. The van der Waals surface area contributed by atoms with Gasteiger partial charge in [-0.3, -0.25) is 0 Å². The molecule has 0 saturated carbocycles. The van der Waals surface area contributed by atoms with E-state index in [1.807, 2.05) is 6.07 Å². The van der Waals surface area contributed by atoms with Crippen LogP contribution in [0.5, 0.6) is 0 Å². The Morgan fingerprint density at radius 1 is 1.58 bits per heavy atom. The first-order chi connectivity index (χ1) is 5.54. The van der Waals surface area contributed by atoms with Crippen molar-refractivity contribution in [3.8, 4) is 6.07 Å². The fraction of sp³-hybridized carbons (Fsp3) is 0.250. The summed E-state index contributed by atoms with van der Waals surface area (Å²) >= 11 is 0. The zero-order valence-corrected chi connectivity index (χ0v) is 7.88. The summed E-state index contributed by atoms with van der Waals surface area (Å²) in [6, 6.07) is 5.16. The first-order valence-corrected chi connectivity index (χ1v) is 6.06. The second-order valence-electron chi connectivity index (χ2n) is 2.86. The second-order valence-corrected chi connectivity index (χ2v) is 6.08. The number of nitriles is 1. The topological polar surface area (TPSA) is 53.8 Å². The van der Waals surface area contributed by atoms with Gasteiger partial charge >= 0.3 is 0 Å². The van der Waals surface area contributed by atoms with Crippen molar-refractivity contribution in [3.05, 3.63) is 24.0 Å². The van der Waals surface area contributed by atoms with E-state index < -0.39 is 7.14 Å². The van der Waals surface area contributed by atoms with Gasteiger partial charge in [0, 0.05) is 11.5 Å². The summed E-state index contributed by atoms with van der Waals surface area (Å²) in [6.07, 6.45) is 1.51. The van der Waals surface area contributed by atoms with E-state index in [1.54, 1.807) is 25.5 Å². The lowest BCUT2D eigenvalue weighted by molar-refractivity contribution is 0.588. The van der Waals surface area contributed by atoms with E-state index in [4.69, 9.17) is 5.26 Å². The Bertz CT molecular complexity index is 375. The van der Waals surface area contributed by atoms with E-state index in [1.165, 1.54) is 6.20 Å². The molecule has 0 fully saturated rings. The zero-order valence-electron chi connectivity index (χ0n) is 6.98. The molecule has 0 aliphatic rings. The molecule has 62 valence electrons. The number of rotatable bonds is 1. The molecule has 1 aromatic heterocycles. The fourth-order valence-corrected chi connectivity index (χ4v) is 1.67. The molecule has 1 aromatic rings. The zero-order chi connectivity index (χ0) is 9.19. The average Bonchev–Trinajstić information content (AvgIpc) is 2.03. The van der Waals surface area contributed by atoms with Gasteiger partial charge in [0.2, 0.25) is 0 Å². The molecule has 4 heteroatoms. The highest BCUT2D eigenvalue weighted by molar-refractivity contribution is 7.70. The molecule has 0 aliphatic carbocycles. The van der Waals surface area contributed by atoms with Gasteiger partial charge in [-0.05, 0) is 25.5 Å². The summed E-state index contributed by atoms with van der Waals surface area (Å²) in [7, 11) is -2.25. The van der Waals surface area contributed by atoms with Crippen LogP contribution < -0.4 is 5.30 Å². The Hall–Kier alpha value is -1.13. The van der Waals surface area contributed by atoms with E-state index in [0.717, 1.165) is 0 Å². The summed E-state index contributed by atoms with van der Waals surface area (Å²) in [5.41, 5.74) is 0.316. The largest absolute Gasteiger partial charge is 0.319 e. The Morgan fingerprint density at radius 2 is 2.25 bits per heavy atom. The molecule has 0 radical (unpaired) electrons. The van der Waals surface area contributed by atoms with Crippen molar-refractivity contribution >= 4 is 12.4 Å². The van der Waals surface area contributed by atoms with E-state index in [-0.39, 0.29) is 0 Å². The van der Waals surface area contributed by atoms with Crippen molar-refractivity contribution in [3.63, 3.8) is 0 Å². The maximum absolute atomic E-state index is 11.5. The summed E-state index contributed by atoms with van der Waals surface area (Å²) in [4.78, 5) is 3.79. The molecule has 0 aliphatic heterocycles. The van der Waals surface area contributed by atoms with Gasteiger partial charge in [-0.25, -0.2) is 4.98 Å². The van der Waals surface area contributed by atoms with Crippen LogP contribution in [0.25, 0.3) is 0 Å². The van der Waals surface area contributed by atoms with Crippen LogP contribution in [0, 0.1) is 11.3 Å². The van der Waals surface area contributed by atoms with Crippen LogP contribution in [0.1, 0.15) is 5.69 Å². The number of hydrogen-bond acceptors (Lipinski definition) is 3. The Labute approximate surface area is 71.4 Å². The molecule has 0 unspecified atom stereocenters. The van der Waals surface area contributed by atoms with E-state index in [2.05, 4.69) is 4.98 Å². The molecular weight excluding hydrogens is 171 g/mol. The number of nitrogens with zero attached hydrogens (tertiary/aromatic N) is 2. The SMILES string of the molecule is CP(C)(=O)c1ccnc(C#N)c1. The maximum atomic E-state index is 11.5. The van der Waals surface area contributed by atoms with Crippen molar-refractivity contribution in [2.24, 2.45) is 0 Å². The molecule has 0 spiro atoms. The molecule has 0 N–H and O–H groups in total. The standard InChI is InChI=1S/C8H9N2OP/c1-12(2,11)8-3-4-10-7(5-8)6-9/h3-5H,1-2H3. The predicted molar refractivity (Wildman–Crippen MR) is 48.0 cm³/mol. The number of hydrogen-bond donors (Lipinski definition) is 0. The van der Waals surface area contributed by atoms with Crippen molar-refractivity contribution in [1.82, 2.24) is 4.98 Å². The average molecular weight is 180 g/mol. The summed E-state index contributed by atoms with van der Waals surface area (Å²) < 4.78 is 11.5. The predicted octanol–water partition coefficient (Wildman–Crippen LogP) is 1.20. The number of pyridine rings is 1. The van der Waals surface area contributed by atoms with Gasteiger partial charge in [0.15, 0.2) is 0 Å². The normalized spacial score (nSPS) is 10.8. The Balaban J connectivity index is 3.22. The van der Waals surface area contributed by atoms with Crippen LogP contribution in [0.3, 0.4) is 0 Å². The van der Waals surface area contributed by atoms with E-state index in [0.29, 0.717) is 11.0 Å². The molecular formula is C8H9N2OP. The molecule has 12 heavy (non-hydrogen) atoms. The van der Waals surface area contributed by atoms with Gasteiger partial charge in [0.1, 0.15) is 18.9 Å². The Morgan fingerprint density at radius 3 is 2.75 bits per heavy atom. The molecule has 0 bridgehead atoms. The summed E-state index contributed by atoms with van der Waals surface area (Å²) in [5.74, 6) is 0. The van der Waals surface area contributed by atoms with Gasteiger partial charge in [-0.2, -0.15) is 5.26 Å². The van der Waals surface area contributed by atoms with E-state index in [9.17, 15) is 4.57 Å². The van der Waals surface area contributed by atoms with Crippen LogP contribution in [-0.4, -0.2) is 18.3 Å². The second kappa shape index (κ2) is 3.08. The maximum Gasteiger partial charge on any atom is 0.141 e. The Kier molecular flexibility index (Phi) is 2.30. The van der Waals surface area contributed by atoms with Crippen LogP contribution in [0.2, 0.25) is 0 Å². The minimum atomic E-state index is -2.25. The molecule has 0 amide bonds. The van der Waals surface area contributed by atoms with Gasteiger partial charge < -0.3 is 4.57 Å². The van der Waals surface area contributed by atoms with Crippen LogP contribution in [0.15, 0.2) is 18.3 Å². The fourth-order valence-electron chi connectivity index (χ4n) is 0.815. The van der Waals surface area contributed by atoms with Gasteiger partial charge in [-0.1, -0.05) is 0 Å². The van der Waals surface area contributed by atoms with Crippen LogP contribution >= 0.6 is 7.14 Å². The first-order valence-electron chi connectivity index (χ1n) is 3.46. The van der Waals surface area contributed by atoms with Crippen molar-refractivity contribution in [1.29, 1.82) is 5.26 Å². The van der Waals surface area contributed by atoms with Gasteiger partial charge in [-0.15, -0.1) is 0 Å². The van der Waals surface area contributed by atoms with Crippen LogP contribution in [0.4, 0.5) is 0 Å². The molecule has 0 atom stereocenters. The lowest BCUT2D eigenvalue weighted by Crippen LogP contribution is -2.03. The molecule has 1 rings (SSSR count). The highest BCUT2D eigenvalue weighted by Crippen LogP contribution is 2.34.